The third kappa shape index (κ3) is 3.45. The van der Waals surface area contributed by atoms with E-state index in [1.165, 1.54) is 5.56 Å². The lowest BCUT2D eigenvalue weighted by Crippen LogP contribution is -2.26. The van der Waals surface area contributed by atoms with Gasteiger partial charge < -0.3 is 20.7 Å². The second kappa shape index (κ2) is 6.54. The average molecular weight is 263 g/mol. The second-order valence-electron chi connectivity index (χ2n) is 4.68. The van der Waals surface area contributed by atoms with Gasteiger partial charge in [0.15, 0.2) is 6.61 Å². The lowest BCUT2D eigenvalue weighted by molar-refractivity contribution is -0.118. The molecule has 1 aromatic carbocycles. The smallest absolute Gasteiger partial charge is 0.262 e. The first kappa shape index (κ1) is 13.8. The number of hydrogen-bond donors (Lipinski definition) is 3. The molecular weight excluding hydrogens is 242 g/mol. The molecule has 0 saturated carbocycles. The summed E-state index contributed by atoms with van der Waals surface area (Å²) in [5, 5.41) is 9.31. The number of amides is 1. The molecule has 2 rings (SSSR count). The molecule has 5 nitrogen and oxygen atoms in total. The fraction of sp³-hybridized carbons (Fsp3) is 0.500. The van der Waals surface area contributed by atoms with Gasteiger partial charge in [-0.1, -0.05) is 6.07 Å². The number of fused-ring (bicyclic) bond motifs is 1. The van der Waals surface area contributed by atoms with Crippen molar-refractivity contribution >= 4 is 11.6 Å². The highest BCUT2D eigenvalue weighted by atomic mass is 16.5. The maximum atomic E-state index is 11.3. The Morgan fingerprint density at radius 1 is 1.42 bits per heavy atom. The number of carbonyl (C=O) groups excluding carboxylic acids is 1. The van der Waals surface area contributed by atoms with E-state index in [0.717, 1.165) is 30.8 Å². The van der Waals surface area contributed by atoms with Crippen LogP contribution in [0.5, 0.6) is 5.75 Å². The van der Waals surface area contributed by atoms with Crippen molar-refractivity contribution in [1.29, 1.82) is 0 Å². The topological polar surface area (TPSA) is 62.4 Å². The first-order valence-corrected chi connectivity index (χ1v) is 6.63. The second-order valence-corrected chi connectivity index (χ2v) is 4.68. The van der Waals surface area contributed by atoms with Crippen LogP contribution in [-0.2, 0) is 4.79 Å². The van der Waals surface area contributed by atoms with Crippen LogP contribution in [0.1, 0.15) is 24.4 Å². The number of rotatable bonds is 6. The van der Waals surface area contributed by atoms with E-state index in [1.807, 2.05) is 26.2 Å². The minimum atomic E-state index is -0.0964. The molecule has 5 heteroatoms. The van der Waals surface area contributed by atoms with Crippen LogP contribution in [-0.4, -0.2) is 33.2 Å². The van der Waals surface area contributed by atoms with Gasteiger partial charge in [-0.2, -0.15) is 0 Å². The van der Waals surface area contributed by atoms with Crippen molar-refractivity contribution in [2.75, 3.05) is 32.6 Å². The molecule has 3 N–H and O–H groups in total. The highest BCUT2D eigenvalue weighted by Crippen LogP contribution is 2.31. The Labute approximate surface area is 113 Å². The van der Waals surface area contributed by atoms with Gasteiger partial charge in [0.25, 0.3) is 5.91 Å². The van der Waals surface area contributed by atoms with Crippen molar-refractivity contribution in [1.82, 2.24) is 10.6 Å². The van der Waals surface area contributed by atoms with E-state index in [4.69, 9.17) is 4.74 Å². The first-order chi connectivity index (χ1) is 9.24. The predicted molar refractivity (Wildman–Crippen MR) is 75.5 cm³/mol. The van der Waals surface area contributed by atoms with Crippen molar-refractivity contribution in [2.24, 2.45) is 0 Å². The van der Waals surface area contributed by atoms with Gasteiger partial charge in [0.05, 0.1) is 5.69 Å². The average Bonchev–Trinajstić information content (AvgIpc) is 2.43. The van der Waals surface area contributed by atoms with Gasteiger partial charge in [-0.3, -0.25) is 4.79 Å². The minimum absolute atomic E-state index is 0.0964. The van der Waals surface area contributed by atoms with Crippen LogP contribution in [0, 0.1) is 0 Å². The van der Waals surface area contributed by atoms with E-state index in [-0.39, 0.29) is 18.6 Å². The molecule has 0 radical (unpaired) electrons. The summed E-state index contributed by atoms with van der Waals surface area (Å²) in [4.78, 5) is 11.3. The van der Waals surface area contributed by atoms with Gasteiger partial charge in [-0.15, -0.1) is 0 Å². The third-order valence-corrected chi connectivity index (χ3v) is 3.31. The normalized spacial score (nSPS) is 15.4. The van der Waals surface area contributed by atoms with Crippen LogP contribution >= 0.6 is 0 Å². The van der Waals surface area contributed by atoms with Crippen molar-refractivity contribution in [3.05, 3.63) is 23.8 Å². The van der Waals surface area contributed by atoms with Crippen LogP contribution in [0.3, 0.4) is 0 Å². The van der Waals surface area contributed by atoms with Crippen LogP contribution in [0.25, 0.3) is 0 Å². The molecule has 1 atom stereocenters. The van der Waals surface area contributed by atoms with Gasteiger partial charge >= 0.3 is 0 Å². The van der Waals surface area contributed by atoms with Crippen molar-refractivity contribution in [3.63, 3.8) is 0 Å². The number of hydrogen-bond acceptors (Lipinski definition) is 4. The van der Waals surface area contributed by atoms with Gasteiger partial charge in [0, 0.05) is 6.04 Å². The largest absolute Gasteiger partial charge is 0.482 e. The first-order valence-electron chi connectivity index (χ1n) is 6.63. The molecule has 1 amide bonds. The van der Waals surface area contributed by atoms with E-state index in [2.05, 4.69) is 22.0 Å². The molecular formula is C14H21N3O2. The zero-order valence-corrected chi connectivity index (χ0v) is 11.5. The predicted octanol–water partition coefficient (Wildman–Crippen LogP) is 1.28. The lowest BCUT2D eigenvalue weighted by atomic mass is 10.0. The van der Waals surface area contributed by atoms with Crippen LogP contribution in [0.4, 0.5) is 5.69 Å². The summed E-state index contributed by atoms with van der Waals surface area (Å²) in [6, 6.07) is 6.26. The van der Waals surface area contributed by atoms with Gasteiger partial charge in [0.1, 0.15) is 5.75 Å². The standard InChI is InChI=1S/C14H21N3O2/c1-15-7-3-4-11(16-2)10-5-6-13-12(8-10)17-14(18)9-19-13/h5-6,8,11,15-16H,3-4,7,9H2,1-2H3,(H,17,18). The molecule has 1 aliphatic rings. The number of ether oxygens (including phenoxy) is 1. The number of carbonyl (C=O) groups is 1. The molecule has 1 unspecified atom stereocenters. The van der Waals surface area contributed by atoms with E-state index in [9.17, 15) is 4.79 Å². The van der Waals surface area contributed by atoms with Gasteiger partial charge in [-0.05, 0) is 51.2 Å². The highest BCUT2D eigenvalue weighted by Gasteiger charge is 2.18. The Hall–Kier alpha value is -1.59. The van der Waals surface area contributed by atoms with Crippen LogP contribution < -0.4 is 20.7 Å². The van der Waals surface area contributed by atoms with E-state index in [0.29, 0.717) is 0 Å². The summed E-state index contributed by atoms with van der Waals surface area (Å²) < 4.78 is 5.36. The molecule has 0 fully saturated rings. The molecule has 19 heavy (non-hydrogen) atoms. The zero-order chi connectivity index (χ0) is 13.7. The summed E-state index contributed by atoms with van der Waals surface area (Å²) in [6.45, 7) is 1.10. The molecule has 0 bridgehead atoms. The molecule has 0 aromatic heterocycles. The lowest BCUT2D eigenvalue weighted by Gasteiger charge is -2.22. The summed E-state index contributed by atoms with van der Waals surface area (Å²) in [7, 11) is 3.92. The fourth-order valence-corrected chi connectivity index (χ4v) is 2.28. The summed E-state index contributed by atoms with van der Waals surface area (Å²) >= 11 is 0. The summed E-state index contributed by atoms with van der Waals surface area (Å²) in [5.74, 6) is 0.647. The van der Waals surface area contributed by atoms with Crippen molar-refractivity contribution in [2.45, 2.75) is 18.9 Å². The molecule has 0 spiro atoms. The van der Waals surface area contributed by atoms with Gasteiger partial charge in [0.2, 0.25) is 0 Å². The monoisotopic (exact) mass is 263 g/mol. The number of benzene rings is 1. The highest BCUT2D eigenvalue weighted by molar-refractivity contribution is 5.95. The Balaban J connectivity index is 2.10. The quantitative estimate of drug-likeness (QED) is 0.677. The maximum absolute atomic E-state index is 11.3. The van der Waals surface area contributed by atoms with E-state index in [1.54, 1.807) is 0 Å². The molecule has 1 aliphatic heterocycles. The van der Waals surface area contributed by atoms with E-state index < -0.39 is 0 Å². The molecule has 1 aromatic rings. The Morgan fingerprint density at radius 2 is 2.26 bits per heavy atom. The Kier molecular flexibility index (Phi) is 4.76. The zero-order valence-electron chi connectivity index (χ0n) is 11.5. The molecule has 0 saturated heterocycles. The van der Waals surface area contributed by atoms with Crippen molar-refractivity contribution in [3.8, 4) is 5.75 Å². The van der Waals surface area contributed by atoms with E-state index >= 15 is 0 Å². The minimum Gasteiger partial charge on any atom is -0.482 e. The molecule has 104 valence electrons. The van der Waals surface area contributed by atoms with Gasteiger partial charge in [-0.25, -0.2) is 0 Å². The third-order valence-electron chi connectivity index (χ3n) is 3.31. The summed E-state index contributed by atoms with van der Waals surface area (Å²) in [5.41, 5.74) is 1.94. The van der Waals surface area contributed by atoms with Crippen LogP contribution in [0.15, 0.2) is 18.2 Å². The summed E-state index contributed by atoms with van der Waals surface area (Å²) in [6.07, 6.45) is 2.15. The number of anilines is 1. The molecule has 1 heterocycles. The van der Waals surface area contributed by atoms with Crippen molar-refractivity contribution < 1.29 is 9.53 Å². The maximum Gasteiger partial charge on any atom is 0.262 e. The fourth-order valence-electron chi connectivity index (χ4n) is 2.28. The SMILES string of the molecule is CNCCCC(NC)c1ccc2c(c1)NC(=O)CO2. The molecule has 0 aliphatic carbocycles. The number of nitrogens with one attached hydrogen (secondary N) is 3. The Morgan fingerprint density at radius 3 is 3.00 bits per heavy atom. The van der Waals surface area contributed by atoms with Crippen LogP contribution in [0.2, 0.25) is 0 Å². The Bertz CT molecular complexity index is 448.